The molecule has 3 nitrogen and oxygen atoms in total. The van der Waals surface area contributed by atoms with Crippen molar-refractivity contribution in [2.75, 3.05) is 6.61 Å². The van der Waals surface area contributed by atoms with E-state index in [1.165, 1.54) is 5.56 Å². The Morgan fingerprint density at radius 1 is 1.08 bits per heavy atom. The molecule has 0 amide bonds. The molecule has 0 aliphatic carbocycles. The first kappa shape index (κ1) is 18.0. The third-order valence-electron chi connectivity index (χ3n) is 4.19. The van der Waals surface area contributed by atoms with E-state index in [0.717, 1.165) is 35.3 Å². The van der Waals surface area contributed by atoms with Crippen molar-refractivity contribution in [3.63, 3.8) is 0 Å². The third-order valence-corrected chi connectivity index (χ3v) is 4.19. The first-order chi connectivity index (χ1) is 11.6. The monoisotopic (exact) mass is 323 g/mol. The van der Waals surface area contributed by atoms with Crippen LogP contribution in [0.25, 0.3) is 0 Å². The molecule has 3 heteroatoms. The van der Waals surface area contributed by atoms with Gasteiger partial charge in [-0.2, -0.15) is 5.26 Å². The number of nitrogens with zero attached hydrogens (tertiary/aromatic N) is 1. The smallest absolute Gasteiger partial charge is 0.126 e. The van der Waals surface area contributed by atoms with E-state index in [0.29, 0.717) is 12.0 Å². The molecule has 1 atom stereocenters. The molecular formula is C21H25NO2. The Labute approximate surface area is 144 Å². The van der Waals surface area contributed by atoms with Crippen LogP contribution in [-0.4, -0.2) is 17.8 Å². The predicted molar refractivity (Wildman–Crippen MR) is 96.3 cm³/mol. The Morgan fingerprint density at radius 3 is 2.42 bits per heavy atom. The highest BCUT2D eigenvalue weighted by molar-refractivity contribution is 5.49. The van der Waals surface area contributed by atoms with E-state index >= 15 is 0 Å². The molecule has 1 N–H and O–H groups in total. The number of benzene rings is 2. The molecule has 0 saturated carbocycles. The maximum Gasteiger partial charge on any atom is 0.126 e. The van der Waals surface area contributed by atoms with E-state index in [9.17, 15) is 10.4 Å². The molecule has 2 aromatic carbocycles. The number of rotatable bonds is 7. The first-order valence-electron chi connectivity index (χ1n) is 8.53. The molecular weight excluding hydrogens is 298 g/mol. The summed E-state index contributed by atoms with van der Waals surface area (Å²) in [5.74, 6) is 0.851. The van der Waals surface area contributed by atoms with Crippen LogP contribution in [0.1, 0.15) is 48.6 Å². The van der Waals surface area contributed by atoms with Crippen LogP contribution in [0.5, 0.6) is 5.75 Å². The minimum Gasteiger partial charge on any atom is -0.488 e. The molecule has 2 aromatic rings. The summed E-state index contributed by atoms with van der Waals surface area (Å²) in [6.07, 6.45) is 2.22. The van der Waals surface area contributed by atoms with E-state index in [2.05, 4.69) is 32.0 Å². The van der Waals surface area contributed by atoms with Crippen LogP contribution in [0.4, 0.5) is 0 Å². The number of aryl methyl sites for hydroxylation is 2. The second-order valence-corrected chi connectivity index (χ2v) is 6.01. The number of hydrogen-bond donors (Lipinski definition) is 1. The van der Waals surface area contributed by atoms with Crippen LogP contribution >= 0.6 is 0 Å². The van der Waals surface area contributed by atoms with Crippen LogP contribution < -0.4 is 4.74 Å². The maximum absolute atomic E-state index is 9.36. The maximum atomic E-state index is 9.36. The van der Waals surface area contributed by atoms with Crippen molar-refractivity contribution in [1.82, 2.24) is 0 Å². The second-order valence-electron chi connectivity index (χ2n) is 6.01. The summed E-state index contributed by atoms with van der Waals surface area (Å²) < 4.78 is 6.03. The minimum atomic E-state index is -0.257. The van der Waals surface area contributed by atoms with Gasteiger partial charge in [0.15, 0.2) is 0 Å². The molecule has 0 heterocycles. The molecule has 0 bridgehead atoms. The van der Waals surface area contributed by atoms with E-state index in [1.807, 2.05) is 31.2 Å². The Bertz CT molecular complexity index is 731. The molecule has 126 valence electrons. The fourth-order valence-electron chi connectivity index (χ4n) is 2.80. The number of ether oxygens (including phenoxy) is 1. The summed E-state index contributed by atoms with van der Waals surface area (Å²) in [4.78, 5) is 0. The van der Waals surface area contributed by atoms with E-state index in [1.54, 1.807) is 0 Å². The molecule has 0 aromatic heterocycles. The lowest BCUT2D eigenvalue weighted by molar-refractivity contribution is 0.128. The quantitative estimate of drug-likeness (QED) is 0.837. The zero-order valence-electron chi connectivity index (χ0n) is 14.7. The summed E-state index contributed by atoms with van der Waals surface area (Å²) in [6, 6.07) is 14.3. The molecule has 0 fully saturated rings. The highest BCUT2D eigenvalue weighted by Gasteiger charge is 2.15. The molecule has 24 heavy (non-hydrogen) atoms. The Hall–Kier alpha value is -2.31. The zero-order valence-corrected chi connectivity index (χ0v) is 14.7. The van der Waals surface area contributed by atoms with E-state index in [4.69, 9.17) is 4.74 Å². The Morgan fingerprint density at radius 2 is 1.79 bits per heavy atom. The van der Waals surface area contributed by atoms with Crippen LogP contribution in [0.3, 0.4) is 0 Å². The van der Waals surface area contributed by atoms with Crippen molar-refractivity contribution in [3.05, 3.63) is 64.2 Å². The fourth-order valence-corrected chi connectivity index (χ4v) is 2.80. The van der Waals surface area contributed by atoms with Gasteiger partial charge in [-0.05, 0) is 48.1 Å². The van der Waals surface area contributed by atoms with Gasteiger partial charge in [0, 0.05) is 6.42 Å². The van der Waals surface area contributed by atoms with Crippen LogP contribution in [0.15, 0.2) is 36.4 Å². The highest BCUT2D eigenvalue weighted by Crippen LogP contribution is 2.30. The van der Waals surface area contributed by atoms with Gasteiger partial charge in [0.1, 0.15) is 11.9 Å². The summed E-state index contributed by atoms with van der Waals surface area (Å²) in [5, 5.41) is 18.7. The molecule has 0 spiro atoms. The zero-order chi connectivity index (χ0) is 17.5. The lowest BCUT2D eigenvalue weighted by Gasteiger charge is -2.20. The summed E-state index contributed by atoms with van der Waals surface area (Å²) in [7, 11) is 0. The van der Waals surface area contributed by atoms with Gasteiger partial charge in [-0.1, -0.05) is 44.2 Å². The Balaban J connectivity index is 2.51. The second kappa shape index (κ2) is 8.52. The van der Waals surface area contributed by atoms with Gasteiger partial charge in [-0.15, -0.1) is 0 Å². The fraction of sp³-hybridized carbons (Fsp3) is 0.381. The van der Waals surface area contributed by atoms with Crippen molar-refractivity contribution in [3.8, 4) is 11.8 Å². The number of aliphatic hydroxyl groups excluding tert-OH is 1. The normalized spacial score (nSPS) is 11.8. The standard InChI is InChI=1S/C21H25NO2/c1-4-16-10-17(5-2)21(24-15(3)14-23)20(11-16)12-18-8-6-7-9-19(18)13-22/h6-11,15,23H,4-5,12,14H2,1-3H3. The first-order valence-corrected chi connectivity index (χ1v) is 8.53. The summed E-state index contributed by atoms with van der Waals surface area (Å²) in [6.45, 7) is 6.09. The molecule has 0 aliphatic rings. The average molecular weight is 323 g/mol. The molecule has 1 unspecified atom stereocenters. The summed E-state index contributed by atoms with van der Waals surface area (Å²) in [5.41, 5.74) is 5.18. The lowest BCUT2D eigenvalue weighted by atomic mass is 9.94. The van der Waals surface area contributed by atoms with Crippen LogP contribution in [0, 0.1) is 11.3 Å². The van der Waals surface area contributed by atoms with Crippen molar-refractivity contribution < 1.29 is 9.84 Å². The predicted octanol–water partition coefficient (Wildman–Crippen LogP) is 4.03. The van der Waals surface area contributed by atoms with Gasteiger partial charge in [0.25, 0.3) is 0 Å². The SMILES string of the molecule is CCc1cc(CC)c(OC(C)CO)c(Cc2ccccc2C#N)c1. The Kier molecular flexibility index (Phi) is 6.40. The summed E-state index contributed by atoms with van der Waals surface area (Å²) >= 11 is 0. The van der Waals surface area contributed by atoms with Gasteiger partial charge in [-0.3, -0.25) is 0 Å². The molecule has 0 aliphatic heterocycles. The minimum absolute atomic E-state index is 0.0209. The molecule has 0 saturated heterocycles. The molecule has 0 radical (unpaired) electrons. The van der Waals surface area contributed by atoms with Crippen molar-refractivity contribution >= 4 is 0 Å². The van der Waals surface area contributed by atoms with E-state index < -0.39 is 0 Å². The van der Waals surface area contributed by atoms with Gasteiger partial charge in [0.2, 0.25) is 0 Å². The molecule has 2 rings (SSSR count). The number of nitriles is 1. The largest absolute Gasteiger partial charge is 0.488 e. The van der Waals surface area contributed by atoms with Crippen molar-refractivity contribution in [1.29, 1.82) is 5.26 Å². The lowest BCUT2D eigenvalue weighted by Crippen LogP contribution is -2.18. The third kappa shape index (κ3) is 4.15. The van der Waals surface area contributed by atoms with Crippen LogP contribution in [0.2, 0.25) is 0 Å². The van der Waals surface area contributed by atoms with Crippen molar-refractivity contribution in [2.45, 2.75) is 46.1 Å². The van der Waals surface area contributed by atoms with Crippen LogP contribution in [-0.2, 0) is 19.3 Å². The van der Waals surface area contributed by atoms with Gasteiger partial charge < -0.3 is 9.84 Å². The van der Waals surface area contributed by atoms with Crippen molar-refractivity contribution in [2.24, 2.45) is 0 Å². The average Bonchev–Trinajstić information content (AvgIpc) is 2.62. The van der Waals surface area contributed by atoms with E-state index in [-0.39, 0.29) is 12.7 Å². The van der Waals surface area contributed by atoms with Gasteiger partial charge >= 0.3 is 0 Å². The number of aliphatic hydroxyl groups is 1. The van der Waals surface area contributed by atoms with Gasteiger partial charge in [-0.25, -0.2) is 0 Å². The highest BCUT2D eigenvalue weighted by atomic mass is 16.5. The number of hydrogen-bond acceptors (Lipinski definition) is 3. The van der Waals surface area contributed by atoms with Gasteiger partial charge in [0.05, 0.1) is 18.2 Å². The topological polar surface area (TPSA) is 53.2 Å².